The Labute approximate surface area is 303 Å². The molecule has 0 aliphatic carbocycles. The predicted molar refractivity (Wildman–Crippen MR) is 219 cm³/mol. The largest absolute Gasteiger partial charge is 0.456 e. The average molecular weight is 679 g/mol. The highest BCUT2D eigenvalue weighted by Crippen LogP contribution is 2.44. The molecule has 0 fully saturated rings. The Kier molecular flexibility index (Phi) is 5.80. The van der Waals surface area contributed by atoms with Crippen LogP contribution in [0.4, 0.5) is 0 Å². The molecule has 0 radical (unpaired) electrons. The Hall–Kier alpha value is -7.04. The first kappa shape index (κ1) is 28.6. The first-order chi connectivity index (χ1) is 26.3. The smallest absolute Gasteiger partial charge is 0.147 e. The summed E-state index contributed by atoms with van der Waals surface area (Å²) in [5.74, 6) is 0. The summed E-state index contributed by atoms with van der Waals surface area (Å²) in [5.41, 5.74) is 12.7. The van der Waals surface area contributed by atoms with Gasteiger partial charge in [0.15, 0.2) is 0 Å². The number of aromatic nitrogens is 2. The molecule has 53 heavy (non-hydrogen) atoms. The van der Waals surface area contributed by atoms with Crippen molar-refractivity contribution in [3.63, 3.8) is 0 Å². The van der Waals surface area contributed by atoms with Crippen molar-refractivity contribution in [2.75, 3.05) is 0 Å². The maximum atomic E-state index is 6.88. The van der Waals surface area contributed by atoms with E-state index in [9.17, 15) is 0 Å². The molecule has 12 rings (SSSR count). The van der Waals surface area contributed by atoms with Crippen LogP contribution in [-0.2, 0) is 6.42 Å². The number of furan rings is 2. The van der Waals surface area contributed by atoms with E-state index in [-0.39, 0.29) is 0 Å². The van der Waals surface area contributed by atoms with Gasteiger partial charge in [-0.2, -0.15) is 0 Å². The maximum Gasteiger partial charge on any atom is 0.147 e. The first-order valence-corrected chi connectivity index (χ1v) is 18.1. The van der Waals surface area contributed by atoms with E-state index >= 15 is 0 Å². The molecule has 4 aromatic heterocycles. The fourth-order valence-electron chi connectivity index (χ4n) is 8.84. The van der Waals surface area contributed by atoms with E-state index in [0.29, 0.717) is 0 Å². The fourth-order valence-corrected chi connectivity index (χ4v) is 8.84. The van der Waals surface area contributed by atoms with Crippen LogP contribution in [0.2, 0.25) is 0 Å². The second-order valence-corrected chi connectivity index (χ2v) is 14.1. The van der Waals surface area contributed by atoms with Gasteiger partial charge in [0.2, 0.25) is 0 Å². The molecule has 0 spiro atoms. The summed E-state index contributed by atoms with van der Waals surface area (Å²) in [6.07, 6.45) is 0.742. The van der Waals surface area contributed by atoms with Gasteiger partial charge in [-0.05, 0) is 72.3 Å². The molecule has 248 valence electrons. The number of benzene rings is 8. The molecule has 0 aliphatic heterocycles. The van der Waals surface area contributed by atoms with Gasteiger partial charge in [-0.1, -0.05) is 103 Å². The van der Waals surface area contributed by atoms with Gasteiger partial charge in [0, 0.05) is 61.1 Å². The molecular weight excluding hydrogens is 649 g/mol. The standard InChI is InChI=1S/C49H30N2O2/c1-2-12-30(13-3-1)26-31-27-39-38-28-32(50-41-18-8-4-14-34(41)35-15-5-9-19-42(35)50)22-24-45(38)53-49(39)47-40-29-33(23-25-46(40)52-48(31)47)51-43-20-10-6-16-36(43)37-17-7-11-21-44(37)51/h1-25,27-29H,26H2. The maximum absolute atomic E-state index is 6.88. The molecule has 0 amide bonds. The molecule has 4 heteroatoms. The third-order valence-electron chi connectivity index (χ3n) is 11.1. The molecule has 4 heterocycles. The quantitative estimate of drug-likeness (QED) is 0.186. The Morgan fingerprint density at radius 2 is 0.811 bits per heavy atom. The fraction of sp³-hybridized carbons (Fsp3) is 0.0204. The van der Waals surface area contributed by atoms with Gasteiger partial charge in [0.25, 0.3) is 0 Å². The monoisotopic (exact) mass is 678 g/mol. The van der Waals surface area contributed by atoms with Gasteiger partial charge < -0.3 is 18.0 Å². The SMILES string of the molecule is c1ccc(Cc2cc3c4cc(-n5c6ccccc6c6ccccc65)ccc4oc3c3c2oc2ccc(-n4c5ccccc5c5ccccc54)cc23)cc1. The molecule has 0 saturated heterocycles. The van der Waals surface area contributed by atoms with Crippen LogP contribution < -0.4 is 0 Å². The highest BCUT2D eigenvalue weighted by molar-refractivity contribution is 6.23. The van der Waals surface area contributed by atoms with E-state index in [2.05, 4.69) is 179 Å². The van der Waals surface area contributed by atoms with Crippen molar-refractivity contribution in [1.82, 2.24) is 9.13 Å². The zero-order valence-electron chi connectivity index (χ0n) is 28.6. The Bertz CT molecular complexity index is 3320. The van der Waals surface area contributed by atoms with Crippen molar-refractivity contribution in [3.8, 4) is 11.4 Å². The van der Waals surface area contributed by atoms with Gasteiger partial charge in [-0.25, -0.2) is 0 Å². The lowest BCUT2D eigenvalue weighted by Crippen LogP contribution is -1.93. The lowest BCUT2D eigenvalue weighted by molar-refractivity contribution is 0.659. The van der Waals surface area contributed by atoms with E-state index in [4.69, 9.17) is 8.83 Å². The van der Waals surface area contributed by atoms with Crippen molar-refractivity contribution in [2.45, 2.75) is 6.42 Å². The summed E-state index contributed by atoms with van der Waals surface area (Å²) in [6.45, 7) is 0. The zero-order valence-corrected chi connectivity index (χ0v) is 28.6. The molecule has 0 atom stereocenters. The number of hydrogen-bond donors (Lipinski definition) is 0. The number of hydrogen-bond acceptors (Lipinski definition) is 2. The topological polar surface area (TPSA) is 36.1 Å². The minimum absolute atomic E-state index is 0.742. The van der Waals surface area contributed by atoms with Gasteiger partial charge in [0.1, 0.15) is 22.3 Å². The van der Waals surface area contributed by atoms with E-state index in [0.717, 1.165) is 67.2 Å². The van der Waals surface area contributed by atoms with Crippen molar-refractivity contribution in [1.29, 1.82) is 0 Å². The van der Waals surface area contributed by atoms with Crippen LogP contribution in [0.5, 0.6) is 0 Å². The van der Waals surface area contributed by atoms with Gasteiger partial charge in [0.05, 0.1) is 27.5 Å². The van der Waals surface area contributed by atoms with Crippen LogP contribution in [0, 0.1) is 0 Å². The molecule has 4 nitrogen and oxygen atoms in total. The third-order valence-corrected chi connectivity index (χ3v) is 11.1. The lowest BCUT2D eigenvalue weighted by Gasteiger charge is -2.08. The number of nitrogens with zero attached hydrogens (tertiary/aromatic N) is 2. The molecule has 12 aromatic rings. The Balaban J connectivity index is 1.16. The second kappa shape index (κ2) is 10.7. The molecule has 0 aliphatic rings. The Morgan fingerprint density at radius 3 is 1.36 bits per heavy atom. The highest BCUT2D eigenvalue weighted by atomic mass is 16.3. The van der Waals surface area contributed by atoms with E-state index in [1.807, 2.05) is 0 Å². The number of fused-ring (bicyclic) bond motifs is 13. The normalized spacial score (nSPS) is 12.2. The van der Waals surface area contributed by atoms with Gasteiger partial charge >= 0.3 is 0 Å². The van der Waals surface area contributed by atoms with E-state index in [1.165, 1.54) is 49.2 Å². The first-order valence-electron chi connectivity index (χ1n) is 18.1. The minimum atomic E-state index is 0.742. The lowest BCUT2D eigenvalue weighted by atomic mass is 9.98. The molecule has 8 aromatic carbocycles. The predicted octanol–water partition coefficient (Wildman–Crippen LogP) is 13.3. The number of rotatable bonds is 4. The molecular formula is C49H30N2O2. The third kappa shape index (κ3) is 4.06. The summed E-state index contributed by atoms with van der Waals surface area (Å²) < 4.78 is 18.4. The number of para-hydroxylation sites is 4. The van der Waals surface area contributed by atoms with Crippen molar-refractivity contribution in [2.24, 2.45) is 0 Å². The minimum Gasteiger partial charge on any atom is -0.456 e. The molecule has 0 unspecified atom stereocenters. The van der Waals surface area contributed by atoms with Crippen LogP contribution >= 0.6 is 0 Å². The van der Waals surface area contributed by atoms with E-state index in [1.54, 1.807) is 0 Å². The zero-order chi connectivity index (χ0) is 34.6. The highest BCUT2D eigenvalue weighted by Gasteiger charge is 2.22. The molecule has 0 saturated carbocycles. The summed E-state index contributed by atoms with van der Waals surface area (Å²) >= 11 is 0. The van der Waals surface area contributed by atoms with Crippen LogP contribution in [-0.4, -0.2) is 9.13 Å². The van der Waals surface area contributed by atoms with Crippen LogP contribution in [0.1, 0.15) is 11.1 Å². The van der Waals surface area contributed by atoms with Crippen molar-refractivity contribution < 1.29 is 8.83 Å². The summed E-state index contributed by atoms with van der Waals surface area (Å²) in [5, 5.41) is 9.21. The van der Waals surface area contributed by atoms with E-state index < -0.39 is 0 Å². The van der Waals surface area contributed by atoms with Crippen LogP contribution in [0.15, 0.2) is 179 Å². The molecule has 0 bridgehead atoms. The van der Waals surface area contributed by atoms with Gasteiger partial charge in [-0.15, -0.1) is 0 Å². The van der Waals surface area contributed by atoms with Crippen molar-refractivity contribution in [3.05, 3.63) is 181 Å². The summed E-state index contributed by atoms with van der Waals surface area (Å²) in [4.78, 5) is 0. The molecule has 0 N–H and O–H groups in total. The van der Waals surface area contributed by atoms with Gasteiger partial charge in [-0.3, -0.25) is 0 Å². The average Bonchev–Trinajstić information content (AvgIpc) is 3.96. The summed E-state index contributed by atoms with van der Waals surface area (Å²) in [7, 11) is 0. The van der Waals surface area contributed by atoms with Crippen LogP contribution in [0.3, 0.4) is 0 Å². The second-order valence-electron chi connectivity index (χ2n) is 14.1. The Morgan fingerprint density at radius 1 is 0.358 bits per heavy atom. The van der Waals surface area contributed by atoms with Crippen LogP contribution in [0.25, 0.3) is 98.9 Å². The summed E-state index contributed by atoms with van der Waals surface area (Å²) in [6, 6.07) is 60.7. The van der Waals surface area contributed by atoms with Crippen molar-refractivity contribution >= 4 is 87.5 Å².